The van der Waals surface area contributed by atoms with Crippen LogP contribution in [-0.2, 0) is 6.18 Å². The number of hydrogen-bond acceptors (Lipinski definition) is 6. The third kappa shape index (κ3) is 4.75. The lowest BCUT2D eigenvalue weighted by molar-refractivity contribution is -0.137. The van der Waals surface area contributed by atoms with Gasteiger partial charge in [-0.1, -0.05) is 35.5 Å². The van der Waals surface area contributed by atoms with E-state index in [4.69, 9.17) is 0 Å². The van der Waals surface area contributed by atoms with Crippen LogP contribution in [0.2, 0.25) is 0 Å². The van der Waals surface area contributed by atoms with E-state index in [0.717, 1.165) is 29.5 Å². The predicted molar refractivity (Wildman–Crippen MR) is 112 cm³/mol. The number of aryl methyl sites for hydroxylation is 1. The molecule has 1 atom stereocenters. The van der Waals surface area contributed by atoms with Gasteiger partial charge in [-0.05, 0) is 42.3 Å². The normalized spacial score (nSPS) is 12.5. The van der Waals surface area contributed by atoms with Crippen LogP contribution in [0.5, 0.6) is 0 Å². The molecule has 0 aliphatic rings. The Hall–Kier alpha value is -3.79. The lowest BCUT2D eigenvalue weighted by atomic mass is 10.1. The maximum Gasteiger partial charge on any atom is 0.416 e. The van der Waals surface area contributed by atoms with E-state index < -0.39 is 17.8 Å². The molecule has 0 aliphatic carbocycles. The van der Waals surface area contributed by atoms with Gasteiger partial charge in [-0.2, -0.15) is 13.2 Å². The second-order valence-corrected chi connectivity index (χ2v) is 7.16. The summed E-state index contributed by atoms with van der Waals surface area (Å²) in [6.45, 7) is 1.67. The molecule has 164 valence electrons. The van der Waals surface area contributed by atoms with Gasteiger partial charge in [0.25, 0.3) is 0 Å². The number of nitrogens with zero attached hydrogens (tertiary/aromatic N) is 5. The summed E-state index contributed by atoms with van der Waals surface area (Å²) in [7, 11) is 0. The van der Waals surface area contributed by atoms with Gasteiger partial charge in [0.15, 0.2) is 0 Å². The van der Waals surface area contributed by atoms with E-state index in [1.54, 1.807) is 23.0 Å². The van der Waals surface area contributed by atoms with E-state index in [9.17, 15) is 18.3 Å². The molecule has 0 spiro atoms. The van der Waals surface area contributed by atoms with Gasteiger partial charge < -0.3 is 10.4 Å². The zero-order valence-electron chi connectivity index (χ0n) is 17.0. The van der Waals surface area contributed by atoms with Crippen molar-refractivity contribution in [1.82, 2.24) is 25.0 Å². The fraction of sp³-hybridized carbons (Fsp3) is 0.182. The molecule has 32 heavy (non-hydrogen) atoms. The van der Waals surface area contributed by atoms with Crippen molar-refractivity contribution in [2.24, 2.45) is 0 Å². The maximum atomic E-state index is 13.0. The molecular weight excluding hydrogens is 421 g/mol. The van der Waals surface area contributed by atoms with E-state index in [2.05, 4.69) is 25.6 Å². The summed E-state index contributed by atoms with van der Waals surface area (Å²) in [5.74, 6) is 0.347. The van der Waals surface area contributed by atoms with Crippen LogP contribution in [0.4, 0.5) is 24.8 Å². The van der Waals surface area contributed by atoms with Crippen LogP contribution in [0.25, 0.3) is 11.4 Å². The van der Waals surface area contributed by atoms with Crippen LogP contribution in [0.3, 0.4) is 0 Å². The molecule has 10 heteroatoms. The molecule has 1 unspecified atom stereocenters. The Morgan fingerprint density at radius 1 is 1.03 bits per heavy atom. The van der Waals surface area contributed by atoms with Gasteiger partial charge in [-0.25, -0.2) is 14.6 Å². The highest BCUT2D eigenvalue weighted by molar-refractivity contribution is 5.61. The first kappa shape index (κ1) is 21.4. The first-order chi connectivity index (χ1) is 15.3. The number of rotatable bonds is 6. The number of benzene rings is 1. The molecule has 0 saturated carbocycles. The SMILES string of the molecule is Cc1cc(Nc2cc(C(F)(F)F)ccn2)nc(-c2cn(C(CO)c3ccccc3)nn2)c1. The third-order valence-electron chi connectivity index (χ3n) is 4.76. The number of alkyl halides is 3. The number of aliphatic hydroxyl groups is 1. The number of halogens is 3. The zero-order chi connectivity index (χ0) is 22.7. The fourth-order valence-corrected chi connectivity index (χ4v) is 3.23. The van der Waals surface area contributed by atoms with Gasteiger partial charge in [-0.3, -0.25) is 0 Å². The van der Waals surface area contributed by atoms with Crippen LogP contribution >= 0.6 is 0 Å². The Morgan fingerprint density at radius 3 is 2.53 bits per heavy atom. The fourth-order valence-electron chi connectivity index (χ4n) is 3.23. The maximum absolute atomic E-state index is 13.0. The highest BCUT2D eigenvalue weighted by atomic mass is 19.4. The van der Waals surface area contributed by atoms with Crippen molar-refractivity contribution in [3.05, 3.63) is 83.7 Å². The van der Waals surface area contributed by atoms with Crippen LogP contribution < -0.4 is 5.32 Å². The van der Waals surface area contributed by atoms with Gasteiger partial charge >= 0.3 is 6.18 Å². The number of pyridine rings is 2. The average molecular weight is 440 g/mol. The molecule has 0 saturated heterocycles. The molecule has 0 fully saturated rings. The van der Waals surface area contributed by atoms with Crippen molar-refractivity contribution in [3.8, 4) is 11.4 Å². The third-order valence-corrected chi connectivity index (χ3v) is 4.76. The summed E-state index contributed by atoms with van der Waals surface area (Å²) in [6, 6.07) is 14.3. The number of nitrogens with one attached hydrogen (secondary N) is 1. The molecular formula is C22H19F3N6O. The van der Waals surface area contributed by atoms with Gasteiger partial charge in [0.1, 0.15) is 23.4 Å². The van der Waals surface area contributed by atoms with Gasteiger partial charge in [0.05, 0.1) is 24.1 Å². The van der Waals surface area contributed by atoms with Gasteiger partial charge in [0.2, 0.25) is 0 Å². The van der Waals surface area contributed by atoms with Crippen molar-refractivity contribution in [2.75, 3.05) is 11.9 Å². The molecule has 0 amide bonds. The molecule has 3 aromatic heterocycles. The number of aromatic nitrogens is 5. The highest BCUT2D eigenvalue weighted by Crippen LogP contribution is 2.31. The van der Waals surface area contributed by atoms with Crippen molar-refractivity contribution in [3.63, 3.8) is 0 Å². The molecule has 0 bridgehead atoms. The Morgan fingerprint density at radius 2 is 1.81 bits per heavy atom. The van der Waals surface area contributed by atoms with E-state index in [-0.39, 0.29) is 12.4 Å². The number of anilines is 2. The second kappa shape index (κ2) is 8.75. The summed E-state index contributed by atoms with van der Waals surface area (Å²) >= 11 is 0. The first-order valence-corrected chi connectivity index (χ1v) is 9.70. The molecule has 7 nitrogen and oxygen atoms in total. The van der Waals surface area contributed by atoms with E-state index >= 15 is 0 Å². The van der Waals surface area contributed by atoms with Gasteiger partial charge in [0, 0.05) is 6.20 Å². The van der Waals surface area contributed by atoms with Crippen LogP contribution in [-0.4, -0.2) is 36.7 Å². The minimum absolute atomic E-state index is 0.0250. The van der Waals surface area contributed by atoms with Crippen molar-refractivity contribution in [1.29, 1.82) is 0 Å². The van der Waals surface area contributed by atoms with Crippen LogP contribution in [0.15, 0.2) is 67.0 Å². The number of hydrogen-bond donors (Lipinski definition) is 2. The topological polar surface area (TPSA) is 88.8 Å². The molecule has 4 aromatic rings. The molecule has 0 aliphatic heterocycles. The van der Waals surface area contributed by atoms with E-state index in [1.807, 2.05) is 37.3 Å². The summed E-state index contributed by atoms with van der Waals surface area (Å²) in [4.78, 5) is 8.39. The second-order valence-electron chi connectivity index (χ2n) is 7.16. The Bertz CT molecular complexity index is 1210. The quantitative estimate of drug-likeness (QED) is 0.462. The minimum atomic E-state index is -4.47. The lowest BCUT2D eigenvalue weighted by Crippen LogP contribution is -2.15. The zero-order valence-corrected chi connectivity index (χ0v) is 17.0. The Balaban J connectivity index is 1.61. The minimum Gasteiger partial charge on any atom is -0.394 e. The predicted octanol–water partition coefficient (Wildman–Crippen LogP) is 4.39. The smallest absolute Gasteiger partial charge is 0.394 e. The monoisotopic (exact) mass is 440 g/mol. The molecule has 4 rings (SSSR count). The summed E-state index contributed by atoms with van der Waals surface area (Å²) < 4.78 is 40.5. The first-order valence-electron chi connectivity index (χ1n) is 9.70. The van der Waals surface area contributed by atoms with Crippen LogP contribution in [0.1, 0.15) is 22.7 Å². The lowest BCUT2D eigenvalue weighted by Gasteiger charge is -2.14. The van der Waals surface area contributed by atoms with E-state index in [0.29, 0.717) is 17.2 Å². The molecule has 2 N–H and O–H groups in total. The summed E-state index contributed by atoms with van der Waals surface area (Å²) in [5, 5.41) is 21.0. The highest BCUT2D eigenvalue weighted by Gasteiger charge is 2.30. The molecule has 1 aromatic carbocycles. The van der Waals surface area contributed by atoms with Crippen molar-refractivity contribution >= 4 is 11.6 Å². The van der Waals surface area contributed by atoms with Crippen molar-refractivity contribution < 1.29 is 18.3 Å². The van der Waals surface area contributed by atoms with Gasteiger partial charge in [-0.15, -0.1) is 5.10 Å². The average Bonchev–Trinajstić information content (AvgIpc) is 3.24. The molecule has 0 radical (unpaired) electrons. The Kier molecular flexibility index (Phi) is 5.87. The number of aliphatic hydroxyl groups excluding tert-OH is 1. The summed E-state index contributed by atoms with van der Waals surface area (Å²) in [6.07, 6.45) is -1.71. The van der Waals surface area contributed by atoms with E-state index in [1.165, 1.54) is 0 Å². The standard InChI is InChI=1S/C22H19F3N6O/c1-14-9-17(18-12-31(30-29-18)19(13-32)15-5-3-2-4-6-15)27-21(10-14)28-20-11-16(7-8-26-20)22(23,24)25/h2-12,19,32H,13H2,1H3,(H,26,27,28). The largest absolute Gasteiger partial charge is 0.416 e. The summed E-state index contributed by atoms with van der Waals surface area (Å²) in [5.41, 5.74) is 1.84. The molecule has 3 heterocycles. The van der Waals surface area contributed by atoms with Crippen LogP contribution in [0, 0.1) is 6.92 Å². The van der Waals surface area contributed by atoms with Crippen molar-refractivity contribution in [2.45, 2.75) is 19.1 Å². The Labute approximate surface area is 181 Å².